The fourth-order valence-corrected chi connectivity index (χ4v) is 5.99. The van der Waals surface area contributed by atoms with E-state index in [0.29, 0.717) is 44.0 Å². The molecule has 3 aromatic carbocycles. The first kappa shape index (κ1) is 30.3. The van der Waals surface area contributed by atoms with Gasteiger partial charge in [0, 0.05) is 37.5 Å². The molecular formula is C32H39N3O5S. The Balaban J connectivity index is 1.33. The van der Waals surface area contributed by atoms with Gasteiger partial charge in [0.05, 0.1) is 11.5 Å². The molecule has 1 saturated carbocycles. The average molecular weight is 578 g/mol. The zero-order chi connectivity index (χ0) is 29.6. The van der Waals surface area contributed by atoms with Crippen molar-refractivity contribution in [3.63, 3.8) is 0 Å². The Kier molecular flexibility index (Phi) is 9.83. The molecule has 0 aliphatic heterocycles. The Labute approximate surface area is 242 Å². The number of hydrogen-bond donors (Lipinski definition) is 2. The number of primary sulfonamides is 1. The van der Waals surface area contributed by atoms with Crippen LogP contribution in [0.5, 0.6) is 5.75 Å². The number of hydrogen-bond acceptors (Lipinski definition) is 5. The zero-order valence-electron chi connectivity index (χ0n) is 23.9. The fraction of sp³-hybridized carbons (Fsp3) is 0.375. The van der Waals surface area contributed by atoms with Crippen molar-refractivity contribution < 1.29 is 22.7 Å². The summed E-state index contributed by atoms with van der Waals surface area (Å²) < 4.78 is 29.7. The van der Waals surface area contributed by atoms with Crippen LogP contribution in [-0.2, 0) is 32.7 Å². The van der Waals surface area contributed by atoms with Gasteiger partial charge in [0.2, 0.25) is 21.8 Å². The number of nitrogens with zero attached hydrogens (tertiary/aromatic N) is 1. The maximum Gasteiger partial charge on any atom is 0.238 e. The Bertz CT molecular complexity index is 1450. The van der Waals surface area contributed by atoms with Crippen molar-refractivity contribution in [2.45, 2.75) is 51.1 Å². The van der Waals surface area contributed by atoms with Crippen LogP contribution in [0.15, 0.2) is 77.7 Å². The van der Waals surface area contributed by atoms with Crippen molar-refractivity contribution in [2.24, 2.45) is 22.9 Å². The Hall–Kier alpha value is -3.69. The number of rotatable bonds is 11. The molecule has 0 heterocycles. The lowest BCUT2D eigenvalue weighted by molar-refractivity contribution is -0.140. The minimum atomic E-state index is -3.86. The lowest BCUT2D eigenvalue weighted by atomic mass is 9.93. The zero-order valence-corrected chi connectivity index (χ0v) is 24.7. The first-order chi connectivity index (χ1) is 19.5. The summed E-state index contributed by atoms with van der Waals surface area (Å²) in [5.41, 5.74) is 3.12. The number of carbonyl (C=O) groups excluding carboxylic acids is 2. The van der Waals surface area contributed by atoms with Crippen LogP contribution in [0, 0.1) is 17.8 Å². The molecule has 0 bridgehead atoms. The van der Waals surface area contributed by atoms with E-state index in [0.717, 1.165) is 28.9 Å². The van der Waals surface area contributed by atoms with Crippen molar-refractivity contribution in [2.75, 3.05) is 13.7 Å². The van der Waals surface area contributed by atoms with Crippen molar-refractivity contribution >= 4 is 21.8 Å². The minimum absolute atomic E-state index is 0.0436. The number of carbonyl (C=O) groups is 2. The Morgan fingerprint density at radius 2 is 1.59 bits per heavy atom. The molecule has 2 amide bonds. The second kappa shape index (κ2) is 13.3. The molecule has 0 spiro atoms. The molecule has 1 fully saturated rings. The molecule has 2 atom stereocenters. The van der Waals surface area contributed by atoms with Crippen LogP contribution in [0.2, 0.25) is 0 Å². The third-order valence-corrected chi connectivity index (χ3v) is 8.37. The van der Waals surface area contributed by atoms with Crippen molar-refractivity contribution in [3.05, 3.63) is 83.9 Å². The highest BCUT2D eigenvalue weighted by Crippen LogP contribution is 2.34. The highest BCUT2D eigenvalue weighted by atomic mass is 32.2. The van der Waals surface area contributed by atoms with Crippen molar-refractivity contribution in [1.29, 1.82) is 0 Å². The molecule has 0 aromatic heterocycles. The van der Waals surface area contributed by atoms with Gasteiger partial charge in [0.15, 0.2) is 0 Å². The van der Waals surface area contributed by atoms with Gasteiger partial charge in [-0.15, -0.1) is 0 Å². The topological polar surface area (TPSA) is 119 Å². The Morgan fingerprint density at radius 3 is 2.24 bits per heavy atom. The van der Waals surface area contributed by atoms with E-state index in [-0.39, 0.29) is 28.5 Å². The van der Waals surface area contributed by atoms with E-state index in [2.05, 4.69) is 19.2 Å². The molecule has 3 aromatic rings. The van der Waals surface area contributed by atoms with Gasteiger partial charge < -0.3 is 15.0 Å². The largest absolute Gasteiger partial charge is 0.493 e. The normalized spacial score (nSPS) is 16.9. The van der Waals surface area contributed by atoms with Crippen molar-refractivity contribution in [3.8, 4) is 16.9 Å². The van der Waals surface area contributed by atoms with Crippen LogP contribution in [-0.4, -0.2) is 38.8 Å². The minimum Gasteiger partial charge on any atom is -0.493 e. The lowest BCUT2D eigenvalue weighted by Gasteiger charge is -2.25. The fourth-order valence-electron chi connectivity index (χ4n) is 5.23. The molecule has 8 nitrogen and oxygen atoms in total. The van der Waals surface area contributed by atoms with Gasteiger partial charge in [-0.3, -0.25) is 9.59 Å². The summed E-state index contributed by atoms with van der Waals surface area (Å²) in [5.74, 6) is 0.415. The van der Waals surface area contributed by atoms with E-state index in [9.17, 15) is 18.0 Å². The van der Waals surface area contributed by atoms with E-state index < -0.39 is 10.0 Å². The molecule has 1 aliphatic rings. The molecular weight excluding hydrogens is 538 g/mol. The molecule has 41 heavy (non-hydrogen) atoms. The summed E-state index contributed by atoms with van der Waals surface area (Å²) in [6.07, 6.45) is 2.21. The number of nitrogens with two attached hydrogens (primary N) is 1. The SMILES string of the molecule is CC(C)COc1ccc(CNC(=O)[C@@H]2CCCC2C(=O)N(C)Cc2ccc(-c3ccccc3S(N)(=O)=O)cc2)cc1. The summed E-state index contributed by atoms with van der Waals surface area (Å²) in [6, 6.07) is 21.7. The lowest BCUT2D eigenvalue weighted by Crippen LogP contribution is -2.40. The number of benzene rings is 3. The monoisotopic (exact) mass is 577 g/mol. The number of amides is 2. The number of ether oxygens (including phenoxy) is 1. The molecule has 0 saturated heterocycles. The van der Waals surface area contributed by atoms with E-state index >= 15 is 0 Å². The van der Waals surface area contributed by atoms with E-state index in [1.165, 1.54) is 6.07 Å². The predicted octanol–water partition coefficient (Wildman–Crippen LogP) is 4.73. The first-order valence-corrected chi connectivity index (χ1v) is 15.5. The third-order valence-electron chi connectivity index (χ3n) is 7.40. The molecule has 1 unspecified atom stereocenters. The first-order valence-electron chi connectivity index (χ1n) is 14.0. The second-order valence-corrected chi connectivity index (χ2v) is 12.7. The van der Waals surface area contributed by atoms with Gasteiger partial charge in [0.25, 0.3) is 0 Å². The number of sulfonamides is 1. The van der Waals surface area contributed by atoms with Crippen LogP contribution in [0.1, 0.15) is 44.2 Å². The van der Waals surface area contributed by atoms with Gasteiger partial charge in [-0.05, 0) is 53.6 Å². The van der Waals surface area contributed by atoms with Gasteiger partial charge in [-0.25, -0.2) is 13.6 Å². The molecule has 1 aliphatic carbocycles. The van der Waals surface area contributed by atoms with Crippen LogP contribution in [0.4, 0.5) is 0 Å². The van der Waals surface area contributed by atoms with E-state index in [4.69, 9.17) is 9.88 Å². The molecule has 218 valence electrons. The molecule has 9 heteroatoms. The highest BCUT2D eigenvalue weighted by Gasteiger charge is 2.38. The van der Waals surface area contributed by atoms with Gasteiger partial charge in [-0.2, -0.15) is 0 Å². The van der Waals surface area contributed by atoms with E-state index in [1.807, 2.05) is 48.5 Å². The molecule has 4 rings (SSSR count). The maximum atomic E-state index is 13.4. The van der Waals surface area contributed by atoms with Gasteiger partial charge in [-0.1, -0.05) is 74.9 Å². The van der Waals surface area contributed by atoms with E-state index in [1.54, 1.807) is 30.1 Å². The number of nitrogens with one attached hydrogen (secondary N) is 1. The van der Waals surface area contributed by atoms with Crippen LogP contribution < -0.4 is 15.2 Å². The van der Waals surface area contributed by atoms with Crippen LogP contribution in [0.25, 0.3) is 11.1 Å². The standard InChI is InChI=1S/C32H39N3O5S/c1-22(2)21-40-26-17-13-23(14-18-26)19-34-31(36)28-8-6-9-29(28)32(37)35(3)20-24-11-15-25(16-12-24)27-7-4-5-10-30(27)41(33,38)39/h4-5,7,10-18,22,28-29H,6,8-9,19-21H2,1-3H3,(H,34,36)(H2,33,38,39)/t28-,29?/m1/s1. The quantitative estimate of drug-likeness (QED) is 0.342. The summed E-state index contributed by atoms with van der Waals surface area (Å²) >= 11 is 0. The molecule has 0 radical (unpaired) electrons. The van der Waals surface area contributed by atoms with Crippen LogP contribution >= 0.6 is 0 Å². The summed E-state index contributed by atoms with van der Waals surface area (Å²) in [4.78, 5) is 28.2. The van der Waals surface area contributed by atoms with Crippen molar-refractivity contribution in [1.82, 2.24) is 10.2 Å². The van der Waals surface area contributed by atoms with Gasteiger partial charge >= 0.3 is 0 Å². The Morgan fingerprint density at radius 1 is 0.951 bits per heavy atom. The maximum absolute atomic E-state index is 13.4. The summed E-state index contributed by atoms with van der Waals surface area (Å²) in [6.45, 7) is 5.63. The predicted molar refractivity (Wildman–Crippen MR) is 159 cm³/mol. The van der Waals surface area contributed by atoms with Crippen LogP contribution in [0.3, 0.4) is 0 Å². The second-order valence-electron chi connectivity index (χ2n) is 11.1. The summed E-state index contributed by atoms with van der Waals surface area (Å²) in [5, 5.41) is 8.40. The summed E-state index contributed by atoms with van der Waals surface area (Å²) in [7, 11) is -2.11. The molecule has 3 N–H and O–H groups in total. The van der Waals surface area contributed by atoms with Gasteiger partial charge in [0.1, 0.15) is 5.75 Å². The third kappa shape index (κ3) is 7.95. The average Bonchev–Trinajstić information content (AvgIpc) is 3.45. The highest BCUT2D eigenvalue weighted by molar-refractivity contribution is 7.89. The smallest absolute Gasteiger partial charge is 0.238 e.